The number of hydrogen-bond donors (Lipinski definition) is 1. The molecule has 0 fully saturated rings. The molecule has 110 valence electrons. The first-order valence-electron chi connectivity index (χ1n) is 7.28. The Kier molecular flexibility index (Phi) is 6.54. The van der Waals surface area contributed by atoms with Crippen LogP contribution in [0.4, 0.5) is 0 Å². The van der Waals surface area contributed by atoms with E-state index in [4.69, 9.17) is 0 Å². The minimum atomic E-state index is 0.402. The molecule has 2 unspecified atom stereocenters. The summed E-state index contributed by atoms with van der Waals surface area (Å²) in [6, 6.07) is 0.402. The second-order valence-corrected chi connectivity index (χ2v) is 7.09. The third-order valence-electron chi connectivity index (χ3n) is 3.58. The van der Waals surface area contributed by atoms with E-state index in [0.29, 0.717) is 23.8 Å². The van der Waals surface area contributed by atoms with Crippen LogP contribution >= 0.6 is 15.9 Å². The lowest BCUT2D eigenvalue weighted by Gasteiger charge is -2.24. The van der Waals surface area contributed by atoms with Gasteiger partial charge in [-0.15, -0.1) is 0 Å². The highest BCUT2D eigenvalue weighted by Gasteiger charge is 2.22. The van der Waals surface area contributed by atoms with Crippen molar-refractivity contribution in [3.05, 3.63) is 16.4 Å². The SMILES string of the molecule is CC(C)CNCC(C)C(C)c1c(Br)cnn1C(C)C. The lowest BCUT2D eigenvalue weighted by Crippen LogP contribution is -2.28. The van der Waals surface area contributed by atoms with Gasteiger partial charge in [0.2, 0.25) is 0 Å². The van der Waals surface area contributed by atoms with Gasteiger partial charge in [0.25, 0.3) is 0 Å². The fourth-order valence-corrected chi connectivity index (χ4v) is 2.87. The fourth-order valence-electron chi connectivity index (χ4n) is 2.23. The molecular formula is C15H28BrN3. The Morgan fingerprint density at radius 1 is 1.16 bits per heavy atom. The van der Waals surface area contributed by atoms with Crippen molar-refractivity contribution in [2.45, 2.75) is 53.5 Å². The molecule has 0 aromatic carbocycles. The van der Waals surface area contributed by atoms with Crippen molar-refractivity contribution < 1.29 is 0 Å². The van der Waals surface area contributed by atoms with Crippen LogP contribution in [-0.4, -0.2) is 22.9 Å². The summed E-state index contributed by atoms with van der Waals surface area (Å²) in [7, 11) is 0. The van der Waals surface area contributed by atoms with Gasteiger partial charge in [-0.3, -0.25) is 4.68 Å². The second-order valence-electron chi connectivity index (χ2n) is 6.23. The molecule has 0 aliphatic heterocycles. The van der Waals surface area contributed by atoms with Crippen molar-refractivity contribution in [1.29, 1.82) is 0 Å². The first-order valence-corrected chi connectivity index (χ1v) is 8.07. The van der Waals surface area contributed by atoms with Gasteiger partial charge in [0.1, 0.15) is 0 Å². The van der Waals surface area contributed by atoms with Crippen LogP contribution in [0.3, 0.4) is 0 Å². The zero-order chi connectivity index (χ0) is 14.6. The van der Waals surface area contributed by atoms with E-state index in [-0.39, 0.29) is 0 Å². The van der Waals surface area contributed by atoms with Crippen LogP contribution in [0.1, 0.15) is 59.2 Å². The molecule has 4 heteroatoms. The summed E-state index contributed by atoms with van der Waals surface area (Å²) in [5.74, 6) is 1.78. The quantitative estimate of drug-likeness (QED) is 0.811. The first-order chi connectivity index (χ1) is 8.84. The number of rotatable bonds is 7. The van der Waals surface area contributed by atoms with E-state index >= 15 is 0 Å². The molecule has 19 heavy (non-hydrogen) atoms. The molecule has 1 rings (SSSR count). The molecule has 0 spiro atoms. The summed E-state index contributed by atoms with van der Waals surface area (Å²) in [5, 5.41) is 8.03. The monoisotopic (exact) mass is 329 g/mol. The third-order valence-corrected chi connectivity index (χ3v) is 4.19. The highest BCUT2D eigenvalue weighted by atomic mass is 79.9. The number of halogens is 1. The number of nitrogens with one attached hydrogen (secondary N) is 1. The van der Waals surface area contributed by atoms with Crippen LogP contribution < -0.4 is 5.32 Å². The van der Waals surface area contributed by atoms with Crippen LogP contribution in [0.25, 0.3) is 0 Å². The van der Waals surface area contributed by atoms with Crippen LogP contribution in [-0.2, 0) is 0 Å². The minimum absolute atomic E-state index is 0.402. The maximum absolute atomic E-state index is 4.48. The van der Waals surface area contributed by atoms with E-state index in [0.717, 1.165) is 17.6 Å². The molecule has 0 bridgehead atoms. The first kappa shape index (κ1) is 16.7. The van der Waals surface area contributed by atoms with Gasteiger partial charge in [-0.2, -0.15) is 5.10 Å². The summed E-state index contributed by atoms with van der Waals surface area (Å²) >= 11 is 3.64. The van der Waals surface area contributed by atoms with Gasteiger partial charge in [-0.05, 0) is 54.7 Å². The maximum Gasteiger partial charge on any atom is 0.0635 e. The Bertz CT molecular complexity index is 385. The van der Waals surface area contributed by atoms with Gasteiger partial charge in [0.05, 0.1) is 16.4 Å². The Hall–Kier alpha value is -0.350. The van der Waals surface area contributed by atoms with Crippen molar-refractivity contribution in [2.24, 2.45) is 11.8 Å². The molecule has 0 saturated carbocycles. The molecule has 3 nitrogen and oxygen atoms in total. The van der Waals surface area contributed by atoms with Gasteiger partial charge < -0.3 is 5.32 Å². The molecule has 0 radical (unpaired) electrons. The van der Waals surface area contributed by atoms with E-state index in [9.17, 15) is 0 Å². The molecule has 0 aliphatic carbocycles. The molecule has 1 heterocycles. The fraction of sp³-hybridized carbons (Fsp3) is 0.800. The highest BCUT2D eigenvalue weighted by molar-refractivity contribution is 9.10. The predicted molar refractivity (Wildman–Crippen MR) is 85.6 cm³/mol. The lowest BCUT2D eigenvalue weighted by atomic mass is 9.92. The third kappa shape index (κ3) is 4.60. The summed E-state index contributed by atoms with van der Waals surface area (Å²) in [5.41, 5.74) is 1.31. The van der Waals surface area contributed by atoms with Gasteiger partial charge in [-0.25, -0.2) is 0 Å². The number of nitrogens with zero attached hydrogens (tertiary/aromatic N) is 2. The van der Waals surface area contributed by atoms with Crippen molar-refractivity contribution in [1.82, 2.24) is 15.1 Å². The van der Waals surface area contributed by atoms with Crippen molar-refractivity contribution >= 4 is 15.9 Å². The van der Waals surface area contributed by atoms with Gasteiger partial charge in [0.15, 0.2) is 0 Å². The lowest BCUT2D eigenvalue weighted by molar-refractivity contribution is 0.396. The standard InChI is InChI=1S/C15H28BrN3/c1-10(2)7-17-8-12(5)13(6)15-14(16)9-18-19(15)11(3)4/h9-13,17H,7-8H2,1-6H3. The maximum atomic E-state index is 4.48. The zero-order valence-electron chi connectivity index (χ0n) is 13.1. The Morgan fingerprint density at radius 3 is 2.32 bits per heavy atom. The summed E-state index contributed by atoms with van der Waals surface area (Å²) in [4.78, 5) is 0. The molecular weight excluding hydrogens is 302 g/mol. The summed E-state index contributed by atoms with van der Waals surface area (Å²) in [6.07, 6.45) is 1.92. The van der Waals surface area contributed by atoms with Crippen LogP contribution in [0.5, 0.6) is 0 Å². The second kappa shape index (κ2) is 7.44. The van der Waals surface area contributed by atoms with Crippen LogP contribution in [0.2, 0.25) is 0 Å². The van der Waals surface area contributed by atoms with Crippen molar-refractivity contribution in [2.75, 3.05) is 13.1 Å². The van der Waals surface area contributed by atoms with Crippen LogP contribution in [0, 0.1) is 11.8 Å². The topological polar surface area (TPSA) is 29.9 Å². The normalized spacial score (nSPS) is 15.2. The van der Waals surface area contributed by atoms with E-state index in [1.54, 1.807) is 0 Å². The zero-order valence-corrected chi connectivity index (χ0v) is 14.7. The van der Waals surface area contributed by atoms with E-state index in [2.05, 4.69) is 72.6 Å². The van der Waals surface area contributed by atoms with E-state index in [1.807, 2.05) is 6.20 Å². The number of aromatic nitrogens is 2. The molecule has 1 aromatic rings. The summed E-state index contributed by atoms with van der Waals surface area (Å²) in [6.45, 7) is 15.6. The summed E-state index contributed by atoms with van der Waals surface area (Å²) < 4.78 is 3.26. The van der Waals surface area contributed by atoms with Gasteiger partial charge in [0, 0.05) is 12.0 Å². The molecule has 1 N–H and O–H groups in total. The van der Waals surface area contributed by atoms with E-state index < -0.39 is 0 Å². The van der Waals surface area contributed by atoms with Gasteiger partial charge in [-0.1, -0.05) is 27.7 Å². The van der Waals surface area contributed by atoms with Crippen molar-refractivity contribution in [3.8, 4) is 0 Å². The van der Waals surface area contributed by atoms with Crippen LogP contribution in [0.15, 0.2) is 10.7 Å². The average Bonchev–Trinajstić information content (AvgIpc) is 2.69. The largest absolute Gasteiger partial charge is 0.316 e. The Balaban J connectivity index is 2.71. The smallest absolute Gasteiger partial charge is 0.0635 e. The van der Waals surface area contributed by atoms with Gasteiger partial charge >= 0.3 is 0 Å². The molecule has 0 aliphatic rings. The predicted octanol–water partition coefficient (Wildman–Crippen LogP) is 4.21. The van der Waals surface area contributed by atoms with Crippen molar-refractivity contribution in [3.63, 3.8) is 0 Å². The Labute approximate surface area is 126 Å². The average molecular weight is 330 g/mol. The van der Waals surface area contributed by atoms with E-state index in [1.165, 1.54) is 5.69 Å². The number of hydrogen-bond acceptors (Lipinski definition) is 2. The molecule has 0 saturated heterocycles. The molecule has 1 aromatic heterocycles. The Morgan fingerprint density at radius 2 is 1.79 bits per heavy atom. The molecule has 0 amide bonds. The minimum Gasteiger partial charge on any atom is -0.316 e. The molecule has 2 atom stereocenters. The highest BCUT2D eigenvalue weighted by Crippen LogP contribution is 2.31.